The number of halogens is 1. The van der Waals surface area contributed by atoms with Crippen molar-refractivity contribution < 1.29 is 19.2 Å². The van der Waals surface area contributed by atoms with Gasteiger partial charge in [-0.1, -0.05) is 63.9 Å². The number of esters is 1. The summed E-state index contributed by atoms with van der Waals surface area (Å²) in [6.45, 7) is 9.06. The van der Waals surface area contributed by atoms with Crippen molar-refractivity contribution in [2.24, 2.45) is 11.3 Å². The summed E-state index contributed by atoms with van der Waals surface area (Å²) in [5.74, 6) is -0.459. The van der Waals surface area contributed by atoms with E-state index in [0.717, 1.165) is 38.2 Å². The van der Waals surface area contributed by atoms with E-state index in [1.165, 1.54) is 28.8 Å². The van der Waals surface area contributed by atoms with E-state index in [1.54, 1.807) is 0 Å². The van der Waals surface area contributed by atoms with Gasteiger partial charge < -0.3 is 10.1 Å². The Labute approximate surface area is 223 Å². The van der Waals surface area contributed by atoms with E-state index in [4.69, 9.17) is 16.3 Å². The van der Waals surface area contributed by atoms with Crippen molar-refractivity contribution in [2.75, 3.05) is 13.2 Å². The molecule has 0 aliphatic heterocycles. The summed E-state index contributed by atoms with van der Waals surface area (Å²) in [6.07, 6.45) is 5.34. The Bertz CT molecular complexity index is 1230. The molecule has 0 saturated heterocycles. The maximum absolute atomic E-state index is 12.6. The minimum absolute atomic E-state index is 0.0544. The summed E-state index contributed by atoms with van der Waals surface area (Å²) in [7, 11) is 0. The van der Waals surface area contributed by atoms with Crippen LogP contribution in [-0.4, -0.2) is 30.0 Å². The Morgan fingerprint density at radius 3 is 2.65 bits per heavy atom. The number of nitro groups is 1. The zero-order valence-corrected chi connectivity index (χ0v) is 22.7. The van der Waals surface area contributed by atoms with Crippen molar-refractivity contribution in [3.05, 3.63) is 73.8 Å². The van der Waals surface area contributed by atoms with Gasteiger partial charge in [0.25, 0.3) is 11.6 Å². The van der Waals surface area contributed by atoms with E-state index >= 15 is 0 Å². The maximum Gasteiger partial charge on any atom is 0.345 e. The zero-order chi connectivity index (χ0) is 27.0. The lowest BCUT2D eigenvalue weighted by Crippen LogP contribution is -2.53. The van der Waals surface area contributed by atoms with E-state index < -0.39 is 29.1 Å². The number of nitrogens with one attached hydrogen (secondary N) is 1. The molecule has 0 heterocycles. The van der Waals surface area contributed by atoms with Crippen LogP contribution in [0.15, 0.2) is 36.4 Å². The number of nitro benzene ring substituents is 1. The first-order valence-electron chi connectivity index (χ1n) is 13.0. The standard InChI is InChI=1S/C29H35ClN2O5/c1-18(2)19-6-9-23-20(14-19)7-11-25-28(3,12-5-13-29(23,25)4)17-31-26(33)16-37-27(34)22-15-21(30)8-10-24(22)32(35)36/h6,8-10,14-15,18,25H,5,7,11-13,16-17H2,1-4H3,(H,31,33). The largest absolute Gasteiger partial charge is 0.452 e. The smallest absolute Gasteiger partial charge is 0.345 e. The van der Waals surface area contributed by atoms with E-state index in [9.17, 15) is 19.7 Å². The predicted octanol–water partition coefficient (Wildman–Crippen LogP) is 6.36. The highest BCUT2D eigenvalue weighted by Gasteiger charge is 2.51. The molecule has 198 valence electrons. The van der Waals surface area contributed by atoms with Crippen LogP contribution in [0.5, 0.6) is 0 Å². The van der Waals surface area contributed by atoms with Gasteiger partial charge in [0.2, 0.25) is 0 Å². The third-order valence-corrected chi connectivity index (χ3v) is 8.80. The van der Waals surface area contributed by atoms with E-state index in [1.807, 2.05) is 0 Å². The zero-order valence-electron chi connectivity index (χ0n) is 21.9. The Kier molecular flexibility index (Phi) is 7.65. The number of carbonyl (C=O) groups is 2. The molecule has 3 unspecified atom stereocenters. The van der Waals surface area contributed by atoms with Gasteiger partial charge in [0.1, 0.15) is 5.56 Å². The average Bonchev–Trinajstić information content (AvgIpc) is 2.85. The van der Waals surface area contributed by atoms with E-state index in [0.29, 0.717) is 18.4 Å². The van der Waals surface area contributed by atoms with Crippen LogP contribution in [0.3, 0.4) is 0 Å². The molecular formula is C29H35ClN2O5. The average molecular weight is 527 g/mol. The highest BCUT2D eigenvalue weighted by molar-refractivity contribution is 6.31. The van der Waals surface area contributed by atoms with Gasteiger partial charge in [0, 0.05) is 17.6 Å². The molecule has 1 N–H and O–H groups in total. The molecule has 2 aromatic carbocycles. The fourth-order valence-corrected chi connectivity index (χ4v) is 6.78. The number of nitrogens with zero attached hydrogens (tertiary/aromatic N) is 1. The van der Waals surface area contributed by atoms with E-state index in [2.05, 4.69) is 51.2 Å². The second-order valence-corrected chi connectivity index (χ2v) is 11.8. The maximum atomic E-state index is 12.6. The summed E-state index contributed by atoms with van der Waals surface area (Å²) >= 11 is 5.89. The molecule has 37 heavy (non-hydrogen) atoms. The Morgan fingerprint density at radius 1 is 1.19 bits per heavy atom. The van der Waals surface area contributed by atoms with Crippen molar-refractivity contribution in [3.8, 4) is 0 Å². The molecular weight excluding hydrogens is 492 g/mol. The number of ether oxygens (including phenoxy) is 1. The molecule has 2 aromatic rings. The molecule has 2 aliphatic carbocycles. The lowest BCUT2D eigenvalue weighted by Gasteiger charge is -2.55. The lowest BCUT2D eigenvalue weighted by molar-refractivity contribution is -0.385. The first kappa shape index (κ1) is 27.1. The number of benzene rings is 2. The number of rotatable bonds is 7. The number of amides is 1. The minimum atomic E-state index is -0.953. The number of hydrogen-bond acceptors (Lipinski definition) is 5. The molecule has 1 fully saturated rings. The highest BCUT2D eigenvalue weighted by atomic mass is 35.5. The number of carbonyl (C=O) groups excluding carboxylic acids is 2. The molecule has 3 atom stereocenters. The summed E-state index contributed by atoms with van der Waals surface area (Å²) in [6, 6.07) is 10.6. The van der Waals surface area contributed by atoms with Gasteiger partial charge in [-0.25, -0.2) is 4.79 Å². The number of aryl methyl sites for hydroxylation is 1. The quantitative estimate of drug-likeness (QED) is 0.257. The van der Waals surface area contributed by atoms with Gasteiger partial charge in [-0.15, -0.1) is 0 Å². The molecule has 4 rings (SSSR count). The predicted molar refractivity (Wildman–Crippen MR) is 143 cm³/mol. The van der Waals surface area contributed by atoms with Crippen molar-refractivity contribution in [1.29, 1.82) is 0 Å². The van der Waals surface area contributed by atoms with Crippen LogP contribution in [-0.2, 0) is 21.4 Å². The Balaban J connectivity index is 1.41. The van der Waals surface area contributed by atoms with Crippen molar-refractivity contribution in [2.45, 2.75) is 71.1 Å². The van der Waals surface area contributed by atoms with Gasteiger partial charge in [-0.05, 0) is 77.2 Å². The van der Waals surface area contributed by atoms with Crippen LogP contribution in [0.25, 0.3) is 0 Å². The second-order valence-electron chi connectivity index (χ2n) is 11.4. The van der Waals surface area contributed by atoms with E-state index in [-0.39, 0.29) is 21.4 Å². The molecule has 0 spiro atoms. The van der Waals surface area contributed by atoms with Crippen molar-refractivity contribution >= 4 is 29.2 Å². The molecule has 1 saturated carbocycles. The fraction of sp³-hybridized carbons (Fsp3) is 0.517. The van der Waals surface area contributed by atoms with Crippen molar-refractivity contribution in [1.82, 2.24) is 5.32 Å². The van der Waals surface area contributed by atoms with Gasteiger partial charge in [0.05, 0.1) is 4.92 Å². The lowest BCUT2D eigenvalue weighted by atomic mass is 9.49. The molecule has 0 aromatic heterocycles. The van der Waals surface area contributed by atoms with Gasteiger partial charge in [0.15, 0.2) is 6.61 Å². The van der Waals surface area contributed by atoms with Crippen LogP contribution >= 0.6 is 11.6 Å². The van der Waals surface area contributed by atoms with Crippen LogP contribution < -0.4 is 5.32 Å². The Hall–Kier alpha value is -2.93. The van der Waals surface area contributed by atoms with Gasteiger partial charge in [-0.3, -0.25) is 14.9 Å². The first-order valence-corrected chi connectivity index (χ1v) is 13.3. The minimum Gasteiger partial charge on any atom is -0.452 e. The van der Waals surface area contributed by atoms with Crippen LogP contribution in [0.1, 0.15) is 86.3 Å². The molecule has 2 aliphatic rings. The van der Waals surface area contributed by atoms with Crippen molar-refractivity contribution in [3.63, 3.8) is 0 Å². The number of fused-ring (bicyclic) bond motifs is 3. The number of hydrogen-bond donors (Lipinski definition) is 1. The normalized spacial score (nSPS) is 24.6. The summed E-state index contributed by atoms with van der Waals surface area (Å²) in [4.78, 5) is 35.6. The van der Waals surface area contributed by atoms with Gasteiger partial charge in [-0.2, -0.15) is 0 Å². The molecule has 0 bridgehead atoms. The van der Waals surface area contributed by atoms with Crippen LogP contribution in [0.4, 0.5) is 5.69 Å². The third kappa shape index (κ3) is 5.37. The van der Waals surface area contributed by atoms with Crippen LogP contribution in [0.2, 0.25) is 5.02 Å². The van der Waals surface area contributed by atoms with Gasteiger partial charge >= 0.3 is 5.97 Å². The molecule has 8 heteroatoms. The molecule has 7 nitrogen and oxygen atoms in total. The highest BCUT2D eigenvalue weighted by Crippen LogP contribution is 2.57. The third-order valence-electron chi connectivity index (χ3n) is 8.57. The first-order chi connectivity index (χ1) is 17.4. The topological polar surface area (TPSA) is 98.5 Å². The monoisotopic (exact) mass is 526 g/mol. The summed E-state index contributed by atoms with van der Waals surface area (Å²) in [5.41, 5.74) is 3.56. The SMILES string of the molecule is CC(C)c1ccc2c(c1)CCC1C(C)(CNC(=O)COC(=O)c3cc(Cl)ccc3[N+](=O)[O-])CCCC21C. The second kappa shape index (κ2) is 10.4. The molecule has 0 radical (unpaired) electrons. The van der Waals surface area contributed by atoms with Crippen LogP contribution in [0, 0.1) is 21.4 Å². The summed E-state index contributed by atoms with van der Waals surface area (Å²) in [5, 5.41) is 14.4. The fourth-order valence-electron chi connectivity index (χ4n) is 6.61. The molecule has 1 amide bonds. The summed E-state index contributed by atoms with van der Waals surface area (Å²) < 4.78 is 5.10. The Morgan fingerprint density at radius 2 is 1.95 bits per heavy atom.